The van der Waals surface area contributed by atoms with Crippen LogP contribution in [0.15, 0.2) is 176 Å². The monoisotopic (exact) mass is 669 g/mol. The second-order valence-corrected chi connectivity index (χ2v) is 14.1. The predicted octanol–water partition coefficient (Wildman–Crippen LogP) is 13.8. The van der Waals surface area contributed by atoms with Gasteiger partial charge in [-0.1, -0.05) is 135 Å². The highest BCUT2D eigenvalue weighted by molar-refractivity contribution is 5.95. The van der Waals surface area contributed by atoms with Gasteiger partial charge in [0.05, 0.1) is 5.39 Å². The molecule has 10 rings (SSSR count). The Hall–Kier alpha value is -6.58. The van der Waals surface area contributed by atoms with Crippen LogP contribution in [0.5, 0.6) is 23.0 Å². The Kier molecular flexibility index (Phi) is 6.84. The number of hydrogen-bond donors (Lipinski definition) is 0. The minimum Gasteiger partial charge on any atom is -0.453 e. The fraction of sp³-hybridized carbons (Fsp3) is 0.0612. The van der Waals surface area contributed by atoms with Crippen LogP contribution in [0.2, 0.25) is 0 Å². The summed E-state index contributed by atoms with van der Waals surface area (Å²) in [7, 11) is 0. The van der Waals surface area contributed by atoms with E-state index in [1.54, 1.807) is 0 Å². The van der Waals surface area contributed by atoms with E-state index in [1.807, 2.05) is 36.4 Å². The summed E-state index contributed by atoms with van der Waals surface area (Å²) in [5.74, 6) is 3.04. The highest BCUT2D eigenvalue weighted by Gasteiger charge is 2.35. The summed E-state index contributed by atoms with van der Waals surface area (Å²) in [6, 6.07) is 62.3. The zero-order valence-electron chi connectivity index (χ0n) is 29.0. The molecule has 0 unspecified atom stereocenters. The van der Waals surface area contributed by atoms with Crippen molar-refractivity contribution in [3.8, 4) is 56.4 Å². The Morgan fingerprint density at radius 2 is 0.962 bits per heavy atom. The van der Waals surface area contributed by atoms with Crippen molar-refractivity contribution in [2.24, 2.45) is 0 Å². The maximum atomic E-state index is 6.61. The molecular formula is C49H35NO2. The van der Waals surface area contributed by atoms with E-state index in [0.29, 0.717) is 5.75 Å². The molecule has 0 amide bonds. The molecule has 1 heterocycles. The first kappa shape index (κ1) is 30.3. The molecule has 52 heavy (non-hydrogen) atoms. The van der Waals surface area contributed by atoms with E-state index in [4.69, 9.17) is 9.47 Å². The van der Waals surface area contributed by atoms with Crippen LogP contribution in [0.25, 0.3) is 44.2 Å². The Bertz CT molecular complexity index is 2640. The van der Waals surface area contributed by atoms with Crippen molar-refractivity contribution in [2.45, 2.75) is 19.3 Å². The SMILES string of the molecule is CC1(C)c2ccccc2-c2ccc(N(c3ccccc3)c3ccc(-c4ccc(-c5cccc6c5Oc5cccc7cccc(c57)O6)cc4)cc3)cc21. The minimum absolute atomic E-state index is 0.0727. The van der Waals surface area contributed by atoms with E-state index < -0.39 is 0 Å². The molecule has 3 heteroatoms. The topological polar surface area (TPSA) is 21.7 Å². The zero-order chi connectivity index (χ0) is 34.8. The first-order chi connectivity index (χ1) is 25.5. The highest BCUT2D eigenvalue weighted by Crippen LogP contribution is 2.51. The number of hydrogen-bond acceptors (Lipinski definition) is 3. The molecule has 248 valence electrons. The van der Waals surface area contributed by atoms with Gasteiger partial charge in [0.15, 0.2) is 11.5 Å². The third kappa shape index (κ3) is 4.81. The maximum Gasteiger partial charge on any atom is 0.177 e. The molecular weight excluding hydrogens is 635 g/mol. The molecule has 0 saturated carbocycles. The van der Waals surface area contributed by atoms with Gasteiger partial charge in [-0.05, 0) is 98.9 Å². The van der Waals surface area contributed by atoms with Crippen LogP contribution in [0.1, 0.15) is 25.0 Å². The van der Waals surface area contributed by atoms with Gasteiger partial charge >= 0.3 is 0 Å². The van der Waals surface area contributed by atoms with Gasteiger partial charge in [0.25, 0.3) is 0 Å². The molecule has 0 aromatic heterocycles. The normalized spacial score (nSPS) is 13.3. The molecule has 8 aromatic rings. The van der Waals surface area contributed by atoms with Crippen molar-refractivity contribution < 1.29 is 9.47 Å². The highest BCUT2D eigenvalue weighted by atomic mass is 16.5. The van der Waals surface area contributed by atoms with Crippen LogP contribution in [0, 0.1) is 0 Å². The Morgan fingerprint density at radius 1 is 0.404 bits per heavy atom. The molecule has 0 saturated heterocycles. The number of anilines is 3. The largest absolute Gasteiger partial charge is 0.453 e. The molecule has 0 radical (unpaired) electrons. The van der Waals surface area contributed by atoms with Crippen LogP contribution in [0.3, 0.4) is 0 Å². The van der Waals surface area contributed by atoms with Gasteiger partial charge in [-0.3, -0.25) is 0 Å². The van der Waals surface area contributed by atoms with E-state index in [9.17, 15) is 0 Å². The maximum absolute atomic E-state index is 6.61. The summed E-state index contributed by atoms with van der Waals surface area (Å²) in [6.07, 6.45) is 0. The number of rotatable bonds is 5. The molecule has 3 nitrogen and oxygen atoms in total. The van der Waals surface area contributed by atoms with Crippen LogP contribution < -0.4 is 14.4 Å². The van der Waals surface area contributed by atoms with Gasteiger partial charge in [-0.25, -0.2) is 0 Å². The number of benzene rings is 8. The third-order valence-corrected chi connectivity index (χ3v) is 10.7. The van der Waals surface area contributed by atoms with Crippen LogP contribution >= 0.6 is 0 Å². The molecule has 0 spiro atoms. The lowest BCUT2D eigenvalue weighted by atomic mass is 9.82. The summed E-state index contributed by atoms with van der Waals surface area (Å²) in [6.45, 7) is 4.67. The van der Waals surface area contributed by atoms with Gasteiger partial charge < -0.3 is 14.4 Å². The van der Waals surface area contributed by atoms with Crippen molar-refractivity contribution in [3.05, 3.63) is 187 Å². The lowest BCUT2D eigenvalue weighted by molar-refractivity contribution is 0.440. The van der Waals surface area contributed by atoms with Crippen molar-refractivity contribution in [2.75, 3.05) is 4.90 Å². The van der Waals surface area contributed by atoms with Gasteiger partial charge in [0.2, 0.25) is 0 Å². The predicted molar refractivity (Wildman–Crippen MR) is 214 cm³/mol. The van der Waals surface area contributed by atoms with Crippen molar-refractivity contribution in [1.82, 2.24) is 0 Å². The number of nitrogens with zero attached hydrogens (tertiary/aromatic N) is 1. The Morgan fingerprint density at radius 3 is 1.73 bits per heavy atom. The van der Waals surface area contributed by atoms with Crippen LogP contribution in [-0.4, -0.2) is 0 Å². The van der Waals surface area contributed by atoms with Crippen molar-refractivity contribution in [3.63, 3.8) is 0 Å². The Labute approximate surface area is 304 Å². The number of fused-ring (bicyclic) bond motifs is 4. The fourth-order valence-corrected chi connectivity index (χ4v) is 8.10. The lowest BCUT2D eigenvalue weighted by Crippen LogP contribution is -2.16. The molecule has 8 aromatic carbocycles. The van der Waals surface area contributed by atoms with Crippen molar-refractivity contribution in [1.29, 1.82) is 0 Å². The average molecular weight is 670 g/mol. The summed E-state index contributed by atoms with van der Waals surface area (Å²) >= 11 is 0. The van der Waals surface area contributed by atoms with E-state index >= 15 is 0 Å². The lowest BCUT2D eigenvalue weighted by Gasteiger charge is -2.28. The standard InChI is InChI=1S/C49H35NO2/c1-49(2)42-17-7-6-15-40(42)41-30-29-38(31-43(41)49)50(36-13-4-3-5-14-36)37-27-25-33(26-28-37)32-21-23-34(24-22-32)39-16-10-20-46-48(39)52-45-19-9-12-35-11-8-18-44(51-46)47(35)45/h3-31H,1-2H3. The fourth-order valence-electron chi connectivity index (χ4n) is 8.10. The van der Waals surface area contributed by atoms with Crippen molar-refractivity contribution >= 4 is 27.8 Å². The molecule has 0 bridgehead atoms. The second-order valence-electron chi connectivity index (χ2n) is 14.1. The molecule has 2 aliphatic rings. The molecule has 0 fully saturated rings. The summed E-state index contributed by atoms with van der Waals surface area (Å²) in [4.78, 5) is 2.36. The van der Waals surface area contributed by atoms with Crippen LogP contribution in [-0.2, 0) is 5.41 Å². The van der Waals surface area contributed by atoms with E-state index in [1.165, 1.54) is 22.3 Å². The smallest absolute Gasteiger partial charge is 0.177 e. The zero-order valence-corrected chi connectivity index (χ0v) is 29.0. The molecule has 0 N–H and O–H groups in total. The molecule has 0 atom stereocenters. The minimum atomic E-state index is -0.0727. The number of para-hydroxylation sites is 2. The average Bonchev–Trinajstić information content (AvgIpc) is 3.29. The van der Waals surface area contributed by atoms with E-state index in [0.717, 1.165) is 67.3 Å². The first-order valence-corrected chi connectivity index (χ1v) is 17.8. The summed E-state index contributed by atoms with van der Waals surface area (Å²) in [5, 5.41) is 2.08. The number of ether oxygens (including phenoxy) is 2. The molecule has 1 aliphatic carbocycles. The van der Waals surface area contributed by atoms with Gasteiger partial charge in [0.1, 0.15) is 11.5 Å². The quantitative estimate of drug-likeness (QED) is 0.182. The first-order valence-electron chi connectivity index (χ1n) is 17.8. The summed E-state index contributed by atoms with van der Waals surface area (Å²) in [5.41, 5.74) is 13.1. The summed E-state index contributed by atoms with van der Waals surface area (Å²) < 4.78 is 13.0. The molecule has 1 aliphatic heterocycles. The second kappa shape index (κ2) is 11.8. The van der Waals surface area contributed by atoms with Crippen LogP contribution in [0.4, 0.5) is 17.1 Å². The van der Waals surface area contributed by atoms with Gasteiger partial charge in [-0.2, -0.15) is 0 Å². The van der Waals surface area contributed by atoms with E-state index in [-0.39, 0.29) is 5.41 Å². The Balaban J connectivity index is 0.973. The van der Waals surface area contributed by atoms with Gasteiger partial charge in [0, 0.05) is 28.0 Å². The van der Waals surface area contributed by atoms with E-state index in [2.05, 4.69) is 158 Å². The van der Waals surface area contributed by atoms with Gasteiger partial charge in [-0.15, -0.1) is 0 Å². The third-order valence-electron chi connectivity index (χ3n) is 10.7.